The number of hydrogen-bond acceptors (Lipinski definition) is 1. The van der Waals surface area contributed by atoms with E-state index in [2.05, 4.69) is 15.9 Å². The molecular weight excluding hydrogens is 208 g/mol. The Morgan fingerprint density at radius 1 is 1.64 bits per heavy atom. The van der Waals surface area contributed by atoms with Crippen LogP contribution in [0.3, 0.4) is 0 Å². The quantitative estimate of drug-likeness (QED) is 0.743. The Morgan fingerprint density at radius 3 is 2.09 bits per heavy atom. The Bertz CT molecular complexity index is 139. The van der Waals surface area contributed by atoms with Crippen LogP contribution < -0.4 is 0 Å². The van der Waals surface area contributed by atoms with E-state index < -0.39 is 11.4 Å². The molecule has 0 radical (unpaired) electrons. The van der Waals surface area contributed by atoms with Crippen molar-refractivity contribution in [1.29, 1.82) is 0 Å². The highest BCUT2D eigenvalue weighted by atomic mass is 79.9. The zero-order valence-electron chi connectivity index (χ0n) is 7.22. The minimum absolute atomic E-state index is 0.171. The Hall–Kier alpha value is -0.0500. The first-order valence-electron chi connectivity index (χ1n) is 3.80. The largest absolute Gasteiger partial charge is 0.481 e. The van der Waals surface area contributed by atoms with Crippen LogP contribution >= 0.6 is 15.9 Å². The van der Waals surface area contributed by atoms with Gasteiger partial charge in [0.25, 0.3) is 0 Å². The van der Waals surface area contributed by atoms with Crippen molar-refractivity contribution in [3.63, 3.8) is 0 Å². The third-order valence-electron chi connectivity index (χ3n) is 2.40. The van der Waals surface area contributed by atoms with Crippen LogP contribution in [-0.2, 0) is 4.79 Å². The van der Waals surface area contributed by atoms with Gasteiger partial charge in [0.2, 0.25) is 0 Å². The maximum atomic E-state index is 10.9. The Kier molecular flexibility index (Phi) is 4.08. The van der Waals surface area contributed by atoms with Crippen LogP contribution in [0.5, 0.6) is 0 Å². The SMILES string of the molecule is CCC(CBr)(C(=O)O)C(C)C. The summed E-state index contributed by atoms with van der Waals surface area (Å²) in [5.41, 5.74) is -0.583. The summed E-state index contributed by atoms with van der Waals surface area (Å²) in [6, 6.07) is 0. The molecule has 0 spiro atoms. The maximum absolute atomic E-state index is 10.9. The van der Waals surface area contributed by atoms with Gasteiger partial charge in [-0.2, -0.15) is 0 Å². The predicted molar refractivity (Wildman–Crippen MR) is 49.0 cm³/mol. The number of hydrogen-bond donors (Lipinski definition) is 1. The second-order valence-electron chi connectivity index (χ2n) is 3.10. The lowest BCUT2D eigenvalue weighted by atomic mass is 9.77. The van der Waals surface area contributed by atoms with Crippen molar-refractivity contribution >= 4 is 21.9 Å². The molecule has 0 aromatic rings. The second kappa shape index (κ2) is 4.10. The van der Waals surface area contributed by atoms with E-state index in [1.165, 1.54) is 0 Å². The van der Waals surface area contributed by atoms with Crippen LogP contribution in [0.25, 0.3) is 0 Å². The molecule has 0 aliphatic carbocycles. The van der Waals surface area contributed by atoms with Gasteiger partial charge < -0.3 is 5.11 Å². The summed E-state index contributed by atoms with van der Waals surface area (Å²) in [6.45, 7) is 5.80. The second-order valence-corrected chi connectivity index (χ2v) is 3.66. The number of carbonyl (C=O) groups is 1. The Labute approximate surface area is 76.1 Å². The summed E-state index contributed by atoms with van der Waals surface area (Å²) in [4.78, 5) is 10.9. The van der Waals surface area contributed by atoms with Crippen LogP contribution in [-0.4, -0.2) is 16.4 Å². The van der Waals surface area contributed by atoms with E-state index in [1.807, 2.05) is 20.8 Å². The van der Waals surface area contributed by atoms with Gasteiger partial charge in [0.15, 0.2) is 0 Å². The average Bonchev–Trinajstić information content (AvgIpc) is 1.90. The van der Waals surface area contributed by atoms with Gasteiger partial charge in [-0.15, -0.1) is 0 Å². The van der Waals surface area contributed by atoms with E-state index in [0.717, 1.165) is 0 Å². The van der Waals surface area contributed by atoms with Crippen molar-refractivity contribution in [2.75, 3.05) is 5.33 Å². The molecule has 0 heterocycles. The molecule has 0 aromatic heterocycles. The summed E-state index contributed by atoms with van der Waals surface area (Å²) in [5, 5.41) is 9.50. The smallest absolute Gasteiger partial charge is 0.310 e. The summed E-state index contributed by atoms with van der Waals surface area (Å²) >= 11 is 3.25. The third-order valence-corrected chi connectivity index (χ3v) is 3.40. The maximum Gasteiger partial charge on any atom is 0.310 e. The molecule has 1 atom stereocenters. The van der Waals surface area contributed by atoms with Crippen molar-refractivity contribution in [3.8, 4) is 0 Å². The van der Waals surface area contributed by atoms with E-state index in [4.69, 9.17) is 5.11 Å². The minimum Gasteiger partial charge on any atom is -0.481 e. The van der Waals surface area contributed by atoms with E-state index in [9.17, 15) is 4.79 Å². The molecule has 1 unspecified atom stereocenters. The van der Waals surface area contributed by atoms with Gasteiger partial charge >= 0.3 is 5.97 Å². The Balaban J connectivity index is 4.61. The molecule has 3 heteroatoms. The van der Waals surface area contributed by atoms with E-state index in [1.54, 1.807) is 0 Å². The topological polar surface area (TPSA) is 37.3 Å². The van der Waals surface area contributed by atoms with Crippen LogP contribution in [0, 0.1) is 11.3 Å². The fourth-order valence-corrected chi connectivity index (χ4v) is 2.40. The number of rotatable bonds is 4. The zero-order valence-corrected chi connectivity index (χ0v) is 8.81. The van der Waals surface area contributed by atoms with Gasteiger partial charge in [0.1, 0.15) is 0 Å². The number of alkyl halides is 1. The number of halogens is 1. The van der Waals surface area contributed by atoms with Gasteiger partial charge in [-0.25, -0.2) is 0 Å². The lowest BCUT2D eigenvalue weighted by Crippen LogP contribution is -2.37. The van der Waals surface area contributed by atoms with Gasteiger partial charge in [0, 0.05) is 5.33 Å². The zero-order chi connectivity index (χ0) is 9.07. The first kappa shape index (κ1) is 11.0. The van der Waals surface area contributed by atoms with E-state index >= 15 is 0 Å². The molecule has 0 saturated carbocycles. The number of aliphatic carboxylic acids is 1. The molecule has 0 saturated heterocycles. The summed E-state index contributed by atoms with van der Waals surface area (Å²) < 4.78 is 0. The molecule has 0 rings (SSSR count). The first-order valence-corrected chi connectivity index (χ1v) is 4.92. The van der Waals surface area contributed by atoms with Crippen molar-refractivity contribution < 1.29 is 9.90 Å². The highest BCUT2D eigenvalue weighted by Crippen LogP contribution is 2.33. The van der Waals surface area contributed by atoms with Gasteiger partial charge in [-0.3, -0.25) is 4.79 Å². The molecule has 0 aliphatic heterocycles. The fourth-order valence-electron chi connectivity index (χ4n) is 1.11. The normalized spacial score (nSPS) is 16.5. The molecule has 2 nitrogen and oxygen atoms in total. The standard InChI is InChI=1S/C8H15BrO2/c1-4-8(5-9,6(2)3)7(10)11/h6H,4-5H2,1-3H3,(H,10,11). The summed E-state index contributed by atoms with van der Waals surface area (Å²) in [7, 11) is 0. The molecule has 0 aromatic carbocycles. The molecule has 0 bridgehead atoms. The van der Waals surface area contributed by atoms with Crippen LogP contribution in [0.1, 0.15) is 27.2 Å². The summed E-state index contributed by atoms with van der Waals surface area (Å²) in [5.74, 6) is -0.531. The van der Waals surface area contributed by atoms with Crippen LogP contribution in [0.4, 0.5) is 0 Å². The molecule has 0 amide bonds. The highest BCUT2D eigenvalue weighted by Gasteiger charge is 2.38. The minimum atomic E-state index is -0.702. The predicted octanol–water partition coefficient (Wildman–Crippen LogP) is 2.52. The monoisotopic (exact) mass is 222 g/mol. The van der Waals surface area contributed by atoms with Crippen LogP contribution in [0.15, 0.2) is 0 Å². The molecule has 1 N–H and O–H groups in total. The molecule has 11 heavy (non-hydrogen) atoms. The van der Waals surface area contributed by atoms with Gasteiger partial charge in [0.05, 0.1) is 5.41 Å². The van der Waals surface area contributed by atoms with Gasteiger partial charge in [-0.05, 0) is 12.3 Å². The van der Waals surface area contributed by atoms with Crippen molar-refractivity contribution in [3.05, 3.63) is 0 Å². The number of carboxylic acids is 1. The van der Waals surface area contributed by atoms with Gasteiger partial charge in [-0.1, -0.05) is 36.7 Å². The first-order chi connectivity index (χ1) is 5.01. The highest BCUT2D eigenvalue weighted by molar-refractivity contribution is 9.09. The summed E-state index contributed by atoms with van der Waals surface area (Å²) in [6.07, 6.45) is 0.672. The third kappa shape index (κ3) is 1.95. The van der Waals surface area contributed by atoms with Crippen molar-refractivity contribution in [2.45, 2.75) is 27.2 Å². The number of carboxylic acid groups (broad SMARTS) is 1. The molecular formula is C8H15BrO2. The average molecular weight is 223 g/mol. The Morgan fingerprint density at radius 2 is 2.09 bits per heavy atom. The van der Waals surface area contributed by atoms with E-state index in [0.29, 0.717) is 11.8 Å². The lowest BCUT2D eigenvalue weighted by molar-refractivity contribution is -0.150. The van der Waals surface area contributed by atoms with Crippen molar-refractivity contribution in [2.24, 2.45) is 11.3 Å². The lowest BCUT2D eigenvalue weighted by Gasteiger charge is -2.29. The fraction of sp³-hybridized carbons (Fsp3) is 0.875. The van der Waals surface area contributed by atoms with Crippen molar-refractivity contribution in [1.82, 2.24) is 0 Å². The molecule has 66 valence electrons. The van der Waals surface area contributed by atoms with Crippen LogP contribution in [0.2, 0.25) is 0 Å². The molecule has 0 aliphatic rings. The van der Waals surface area contributed by atoms with E-state index in [-0.39, 0.29) is 5.92 Å². The molecule has 0 fully saturated rings.